The summed E-state index contributed by atoms with van der Waals surface area (Å²) in [6.45, 7) is 6.24. The summed E-state index contributed by atoms with van der Waals surface area (Å²) in [4.78, 5) is 15.9. The number of nitrogens with one attached hydrogen (secondary N) is 1. The number of aryl methyl sites for hydroxylation is 1. The van der Waals surface area contributed by atoms with Gasteiger partial charge in [-0.3, -0.25) is 10.00 Å². The van der Waals surface area contributed by atoms with Crippen LogP contribution in [0.2, 0.25) is 0 Å². The van der Waals surface area contributed by atoms with Crippen molar-refractivity contribution in [1.29, 1.82) is 0 Å². The molecule has 2 fully saturated rings. The van der Waals surface area contributed by atoms with Crippen LogP contribution in [0.4, 0.5) is 13.2 Å². The monoisotopic (exact) mass is 470 g/mol. The van der Waals surface area contributed by atoms with E-state index < -0.39 is 12.1 Å². The van der Waals surface area contributed by atoms with E-state index in [1.165, 1.54) is 12.0 Å². The molecule has 0 amide bonds. The number of benzene rings is 1. The average molecular weight is 470 g/mol. The predicted octanol–water partition coefficient (Wildman–Crippen LogP) is 2.55. The Morgan fingerprint density at radius 3 is 2.76 bits per heavy atom. The van der Waals surface area contributed by atoms with Gasteiger partial charge in [0.1, 0.15) is 5.82 Å². The second kappa shape index (κ2) is 9.56. The van der Waals surface area contributed by atoms with Crippen molar-refractivity contribution in [3.63, 3.8) is 0 Å². The second-order valence-corrected chi connectivity index (χ2v) is 8.35. The first-order valence-electron chi connectivity index (χ1n) is 10.6. The minimum atomic E-state index is -5.08. The van der Waals surface area contributed by atoms with E-state index in [2.05, 4.69) is 32.2 Å². The highest BCUT2D eigenvalue weighted by atomic mass is 19.4. The SMILES string of the molecule is Cc1nc(C[C@@H]2OC[C@H]3CN(Cc4ccc5c(c4)OCO5)CC[C@H]32)n[nH]1.O=C(O)C(F)(F)F. The Morgan fingerprint density at radius 1 is 1.30 bits per heavy atom. The molecule has 0 saturated carbocycles. The smallest absolute Gasteiger partial charge is 0.475 e. The fraction of sp³-hybridized carbons (Fsp3) is 0.571. The highest BCUT2D eigenvalue weighted by molar-refractivity contribution is 5.73. The lowest BCUT2D eigenvalue weighted by atomic mass is 9.83. The normalized spacial score (nSPS) is 24.2. The van der Waals surface area contributed by atoms with Gasteiger partial charge in [-0.25, -0.2) is 9.78 Å². The molecule has 0 radical (unpaired) electrons. The van der Waals surface area contributed by atoms with Crippen molar-refractivity contribution < 1.29 is 37.3 Å². The van der Waals surface area contributed by atoms with Crippen molar-refractivity contribution in [1.82, 2.24) is 20.1 Å². The zero-order valence-electron chi connectivity index (χ0n) is 18.0. The molecule has 1 aromatic heterocycles. The van der Waals surface area contributed by atoms with Gasteiger partial charge in [0.15, 0.2) is 17.3 Å². The van der Waals surface area contributed by atoms with Gasteiger partial charge in [0, 0.05) is 25.4 Å². The van der Waals surface area contributed by atoms with Gasteiger partial charge in [0.2, 0.25) is 6.79 Å². The molecule has 5 rings (SSSR count). The number of carbonyl (C=O) groups is 1. The van der Waals surface area contributed by atoms with Crippen molar-refractivity contribution in [3.05, 3.63) is 35.4 Å². The fourth-order valence-corrected chi connectivity index (χ4v) is 4.47. The van der Waals surface area contributed by atoms with E-state index in [1.54, 1.807) is 0 Å². The number of aliphatic carboxylic acids is 1. The number of likely N-dealkylation sites (tertiary alicyclic amines) is 1. The molecule has 0 unspecified atom stereocenters. The minimum Gasteiger partial charge on any atom is -0.475 e. The van der Waals surface area contributed by atoms with E-state index in [1.807, 2.05) is 13.0 Å². The van der Waals surface area contributed by atoms with Crippen LogP contribution >= 0.6 is 0 Å². The van der Waals surface area contributed by atoms with Crippen molar-refractivity contribution in [3.8, 4) is 11.5 Å². The summed E-state index contributed by atoms with van der Waals surface area (Å²) in [6, 6.07) is 6.26. The summed E-state index contributed by atoms with van der Waals surface area (Å²) in [5.41, 5.74) is 1.28. The summed E-state index contributed by atoms with van der Waals surface area (Å²) in [5.74, 6) is 1.91. The molecule has 2 N–H and O–H groups in total. The first-order chi connectivity index (χ1) is 15.7. The molecule has 3 atom stereocenters. The van der Waals surface area contributed by atoms with E-state index >= 15 is 0 Å². The molecule has 3 aliphatic rings. The number of fused-ring (bicyclic) bond motifs is 2. The van der Waals surface area contributed by atoms with Gasteiger partial charge in [-0.2, -0.15) is 18.3 Å². The molecule has 2 aromatic rings. The molecule has 4 heterocycles. The maximum absolute atomic E-state index is 10.6. The number of piperidine rings is 1. The number of ether oxygens (including phenoxy) is 3. The lowest BCUT2D eigenvalue weighted by Crippen LogP contribution is -2.41. The number of nitrogens with zero attached hydrogens (tertiary/aromatic N) is 3. The second-order valence-electron chi connectivity index (χ2n) is 8.35. The third-order valence-corrected chi connectivity index (χ3v) is 5.99. The molecular formula is C21H25F3N4O5. The van der Waals surface area contributed by atoms with Gasteiger partial charge in [0.05, 0.1) is 12.7 Å². The first-order valence-corrected chi connectivity index (χ1v) is 10.6. The van der Waals surface area contributed by atoms with Gasteiger partial charge in [-0.1, -0.05) is 6.07 Å². The summed E-state index contributed by atoms with van der Waals surface area (Å²) in [5, 5.41) is 14.3. The zero-order valence-corrected chi connectivity index (χ0v) is 18.0. The lowest BCUT2D eigenvalue weighted by molar-refractivity contribution is -0.192. The highest BCUT2D eigenvalue weighted by Gasteiger charge is 2.41. The predicted molar refractivity (Wildman–Crippen MR) is 108 cm³/mol. The molecule has 12 heteroatoms. The number of hydrogen-bond donors (Lipinski definition) is 2. The molecule has 2 saturated heterocycles. The molecule has 33 heavy (non-hydrogen) atoms. The van der Waals surface area contributed by atoms with Crippen LogP contribution in [0.5, 0.6) is 11.5 Å². The first kappa shape index (κ1) is 23.3. The Kier molecular flexibility index (Phi) is 6.75. The number of carboxylic acids is 1. The molecule has 0 aliphatic carbocycles. The Balaban J connectivity index is 0.000000325. The number of halogens is 3. The van der Waals surface area contributed by atoms with E-state index in [0.29, 0.717) is 18.6 Å². The van der Waals surface area contributed by atoms with Gasteiger partial charge >= 0.3 is 12.1 Å². The maximum Gasteiger partial charge on any atom is 0.490 e. The van der Waals surface area contributed by atoms with Crippen LogP contribution in [0.15, 0.2) is 18.2 Å². The van der Waals surface area contributed by atoms with Gasteiger partial charge in [0.25, 0.3) is 0 Å². The molecule has 0 bridgehead atoms. The molecular weight excluding hydrogens is 445 g/mol. The number of hydrogen-bond acceptors (Lipinski definition) is 7. The number of carboxylic acid groups (broad SMARTS) is 1. The quantitative estimate of drug-likeness (QED) is 0.702. The summed E-state index contributed by atoms with van der Waals surface area (Å²) >= 11 is 0. The fourth-order valence-electron chi connectivity index (χ4n) is 4.47. The van der Waals surface area contributed by atoms with Crippen LogP contribution in [0, 0.1) is 18.8 Å². The topological polar surface area (TPSA) is 110 Å². The highest BCUT2D eigenvalue weighted by Crippen LogP contribution is 2.37. The van der Waals surface area contributed by atoms with Crippen molar-refractivity contribution >= 4 is 5.97 Å². The molecule has 9 nitrogen and oxygen atoms in total. The Hall–Kier alpha value is -2.86. The number of aromatic nitrogens is 3. The maximum atomic E-state index is 10.6. The minimum absolute atomic E-state index is 0.253. The van der Waals surface area contributed by atoms with Gasteiger partial charge in [-0.15, -0.1) is 0 Å². The van der Waals surface area contributed by atoms with Crippen LogP contribution in [-0.4, -0.2) is 69.9 Å². The number of aromatic amines is 1. The van der Waals surface area contributed by atoms with Crippen LogP contribution in [0.25, 0.3) is 0 Å². The number of H-pyrrole nitrogens is 1. The van der Waals surface area contributed by atoms with E-state index in [0.717, 1.165) is 55.8 Å². The van der Waals surface area contributed by atoms with Gasteiger partial charge < -0.3 is 19.3 Å². The van der Waals surface area contributed by atoms with Crippen LogP contribution in [0.1, 0.15) is 23.6 Å². The Morgan fingerprint density at radius 2 is 2.06 bits per heavy atom. The largest absolute Gasteiger partial charge is 0.490 e. The Labute approximate surface area is 187 Å². The molecule has 1 aromatic carbocycles. The van der Waals surface area contributed by atoms with E-state index in [9.17, 15) is 13.2 Å². The van der Waals surface area contributed by atoms with Crippen molar-refractivity contribution in [2.45, 2.75) is 38.6 Å². The summed E-state index contributed by atoms with van der Waals surface area (Å²) < 4.78 is 48.7. The van der Waals surface area contributed by atoms with E-state index in [4.69, 9.17) is 24.1 Å². The third kappa shape index (κ3) is 5.74. The van der Waals surface area contributed by atoms with Crippen LogP contribution in [-0.2, 0) is 22.5 Å². The Bertz CT molecular complexity index is 983. The van der Waals surface area contributed by atoms with Crippen LogP contribution in [0.3, 0.4) is 0 Å². The van der Waals surface area contributed by atoms with E-state index in [-0.39, 0.29) is 6.10 Å². The standard InChI is InChI=1S/C19H24N4O3.C2HF3O2/c1-12-20-19(22-21-12)7-17-15-4-5-23(9-14(15)10-24-17)8-13-2-3-16-18(6-13)26-11-25-16;3-2(4,5)1(6)7/h2-3,6,14-15,17H,4-5,7-11H2,1H3,(H,20,21,22);(H,6,7)/t14-,15-,17+;/m1./s1. The van der Waals surface area contributed by atoms with Crippen LogP contribution < -0.4 is 9.47 Å². The van der Waals surface area contributed by atoms with Gasteiger partial charge in [-0.05, 0) is 43.5 Å². The van der Waals surface area contributed by atoms with Crippen molar-refractivity contribution in [2.24, 2.45) is 11.8 Å². The molecule has 0 spiro atoms. The molecule has 3 aliphatic heterocycles. The summed E-state index contributed by atoms with van der Waals surface area (Å²) in [7, 11) is 0. The zero-order chi connectivity index (χ0) is 23.6. The van der Waals surface area contributed by atoms with Crippen molar-refractivity contribution in [2.75, 3.05) is 26.5 Å². The molecule has 180 valence electrons. The average Bonchev–Trinajstić information content (AvgIpc) is 3.48. The number of alkyl halides is 3. The lowest BCUT2D eigenvalue weighted by Gasteiger charge is -2.35. The number of rotatable bonds is 4. The third-order valence-electron chi connectivity index (χ3n) is 5.99. The summed E-state index contributed by atoms with van der Waals surface area (Å²) in [6.07, 6.45) is -2.85.